The fourth-order valence-electron chi connectivity index (χ4n) is 2.26. The lowest BCUT2D eigenvalue weighted by Gasteiger charge is -2.34. The molecule has 0 aromatic carbocycles. The van der Waals surface area contributed by atoms with Gasteiger partial charge in [-0.05, 0) is 13.0 Å². The molecule has 0 spiro atoms. The Balaban J connectivity index is 2.49. The van der Waals surface area contributed by atoms with Crippen LogP contribution in [0.4, 0.5) is 5.82 Å². The third kappa shape index (κ3) is 3.16. The van der Waals surface area contributed by atoms with E-state index in [0.29, 0.717) is 31.9 Å². The molecule has 1 aromatic heterocycles. The summed E-state index contributed by atoms with van der Waals surface area (Å²) >= 11 is 6.08. The SMILES string of the molecule is C[C@@H]1COCCN1c1cc(C(=O)N(C)C)c(C=O)c(Cl)n1. The molecule has 6 nitrogen and oxygen atoms in total. The highest BCUT2D eigenvalue weighted by molar-refractivity contribution is 6.32. The zero-order valence-corrected chi connectivity index (χ0v) is 13.1. The number of anilines is 1. The summed E-state index contributed by atoms with van der Waals surface area (Å²) in [6, 6.07) is 1.76. The fourth-order valence-corrected chi connectivity index (χ4v) is 2.49. The molecule has 2 heterocycles. The number of carbonyl (C=O) groups is 2. The summed E-state index contributed by atoms with van der Waals surface area (Å²) in [5.74, 6) is 0.315. The normalized spacial score (nSPS) is 18.5. The van der Waals surface area contributed by atoms with E-state index >= 15 is 0 Å². The average molecular weight is 312 g/mol. The number of aromatic nitrogens is 1. The van der Waals surface area contributed by atoms with E-state index in [1.165, 1.54) is 4.90 Å². The molecule has 1 aromatic rings. The predicted octanol–water partition coefficient (Wildman–Crippen LogP) is 1.47. The van der Waals surface area contributed by atoms with Crippen molar-refractivity contribution < 1.29 is 14.3 Å². The van der Waals surface area contributed by atoms with E-state index in [2.05, 4.69) is 4.98 Å². The van der Waals surface area contributed by atoms with Gasteiger partial charge in [-0.2, -0.15) is 0 Å². The summed E-state index contributed by atoms with van der Waals surface area (Å²) in [6.07, 6.45) is 0.568. The number of morpholine rings is 1. The van der Waals surface area contributed by atoms with Crippen LogP contribution in [0.1, 0.15) is 27.6 Å². The maximum atomic E-state index is 12.2. The van der Waals surface area contributed by atoms with Gasteiger partial charge >= 0.3 is 0 Å². The lowest BCUT2D eigenvalue weighted by Crippen LogP contribution is -2.44. The van der Waals surface area contributed by atoms with Gasteiger partial charge in [0, 0.05) is 20.6 Å². The number of aldehydes is 1. The second-order valence-electron chi connectivity index (χ2n) is 5.17. The minimum absolute atomic E-state index is 0.0476. The number of hydrogen-bond acceptors (Lipinski definition) is 5. The Kier molecular flexibility index (Phi) is 4.80. The van der Waals surface area contributed by atoms with Crippen molar-refractivity contribution in [1.82, 2.24) is 9.88 Å². The van der Waals surface area contributed by atoms with Crippen LogP contribution >= 0.6 is 11.6 Å². The van der Waals surface area contributed by atoms with Crippen LogP contribution in [-0.2, 0) is 4.74 Å². The molecule has 0 saturated carbocycles. The number of halogens is 1. The highest BCUT2D eigenvalue weighted by atomic mass is 35.5. The molecular weight excluding hydrogens is 294 g/mol. The standard InChI is InChI=1S/C14H18ClN3O3/c1-9-8-21-5-4-18(9)12-6-10(14(20)17(2)3)11(7-19)13(15)16-12/h6-7,9H,4-5,8H2,1-3H3/t9-/m1/s1. The zero-order chi connectivity index (χ0) is 15.6. The first kappa shape index (κ1) is 15.7. The lowest BCUT2D eigenvalue weighted by molar-refractivity contribution is 0.0823. The topological polar surface area (TPSA) is 62.7 Å². The number of rotatable bonds is 3. The van der Waals surface area contributed by atoms with Crippen molar-refractivity contribution in [3.63, 3.8) is 0 Å². The van der Waals surface area contributed by atoms with E-state index in [1.807, 2.05) is 11.8 Å². The van der Waals surface area contributed by atoms with Crippen molar-refractivity contribution in [2.45, 2.75) is 13.0 Å². The smallest absolute Gasteiger partial charge is 0.254 e. The molecule has 7 heteroatoms. The summed E-state index contributed by atoms with van der Waals surface area (Å²) in [6.45, 7) is 3.86. The van der Waals surface area contributed by atoms with Gasteiger partial charge in [0.2, 0.25) is 0 Å². The molecule has 1 aliphatic rings. The van der Waals surface area contributed by atoms with E-state index in [-0.39, 0.29) is 28.2 Å². The fraction of sp³-hybridized carbons (Fsp3) is 0.500. The van der Waals surface area contributed by atoms with Crippen LogP contribution in [-0.4, -0.2) is 62.0 Å². The summed E-state index contributed by atoms with van der Waals surface area (Å²) < 4.78 is 5.39. The number of carbonyl (C=O) groups excluding carboxylic acids is 2. The van der Waals surface area contributed by atoms with Crippen LogP contribution in [0.2, 0.25) is 5.15 Å². The molecule has 1 aliphatic heterocycles. The zero-order valence-electron chi connectivity index (χ0n) is 12.3. The predicted molar refractivity (Wildman–Crippen MR) is 80.3 cm³/mol. The minimum atomic E-state index is -0.274. The van der Waals surface area contributed by atoms with Crippen molar-refractivity contribution in [1.29, 1.82) is 0 Å². The molecule has 0 bridgehead atoms. The van der Waals surface area contributed by atoms with Crippen LogP contribution in [0.25, 0.3) is 0 Å². The Labute approximate surface area is 128 Å². The van der Waals surface area contributed by atoms with E-state index < -0.39 is 0 Å². The summed E-state index contributed by atoms with van der Waals surface area (Å²) in [7, 11) is 3.25. The van der Waals surface area contributed by atoms with Crippen molar-refractivity contribution in [2.75, 3.05) is 38.8 Å². The molecule has 1 amide bonds. The number of pyridine rings is 1. The van der Waals surface area contributed by atoms with Crippen LogP contribution < -0.4 is 4.90 Å². The average Bonchev–Trinajstić information content (AvgIpc) is 2.46. The van der Waals surface area contributed by atoms with Crippen molar-refractivity contribution in [3.8, 4) is 0 Å². The van der Waals surface area contributed by atoms with Crippen molar-refractivity contribution in [3.05, 3.63) is 22.3 Å². The van der Waals surface area contributed by atoms with Crippen LogP contribution in [0, 0.1) is 0 Å². The van der Waals surface area contributed by atoms with Crippen LogP contribution in [0.5, 0.6) is 0 Å². The van der Waals surface area contributed by atoms with E-state index in [9.17, 15) is 9.59 Å². The molecule has 1 atom stereocenters. The Morgan fingerprint density at radius 3 is 2.86 bits per heavy atom. The van der Waals surface area contributed by atoms with Gasteiger partial charge in [-0.25, -0.2) is 4.98 Å². The number of ether oxygens (including phenoxy) is 1. The number of amides is 1. The van der Waals surface area contributed by atoms with Gasteiger partial charge in [0.15, 0.2) is 6.29 Å². The summed E-state index contributed by atoms with van der Waals surface area (Å²) in [4.78, 5) is 31.1. The van der Waals surface area contributed by atoms with Gasteiger partial charge in [-0.15, -0.1) is 0 Å². The minimum Gasteiger partial charge on any atom is -0.377 e. The summed E-state index contributed by atoms with van der Waals surface area (Å²) in [5, 5.41) is 0.0476. The molecule has 1 saturated heterocycles. The monoisotopic (exact) mass is 311 g/mol. The maximum absolute atomic E-state index is 12.2. The quantitative estimate of drug-likeness (QED) is 0.625. The van der Waals surface area contributed by atoms with Gasteiger partial charge in [0.1, 0.15) is 11.0 Å². The highest BCUT2D eigenvalue weighted by Crippen LogP contribution is 2.25. The largest absolute Gasteiger partial charge is 0.377 e. The molecule has 2 rings (SSSR count). The molecule has 0 radical (unpaired) electrons. The number of nitrogens with zero attached hydrogens (tertiary/aromatic N) is 3. The third-order valence-corrected chi connectivity index (χ3v) is 3.70. The van der Waals surface area contributed by atoms with Crippen LogP contribution in [0.3, 0.4) is 0 Å². The van der Waals surface area contributed by atoms with Gasteiger partial charge in [-0.3, -0.25) is 9.59 Å². The number of hydrogen-bond donors (Lipinski definition) is 0. The van der Waals surface area contributed by atoms with Gasteiger partial charge < -0.3 is 14.5 Å². The van der Waals surface area contributed by atoms with Gasteiger partial charge in [0.05, 0.1) is 30.4 Å². The Morgan fingerprint density at radius 2 is 2.29 bits per heavy atom. The molecule has 1 fully saturated rings. The van der Waals surface area contributed by atoms with E-state index in [4.69, 9.17) is 16.3 Å². The van der Waals surface area contributed by atoms with Crippen molar-refractivity contribution in [2.24, 2.45) is 0 Å². The highest BCUT2D eigenvalue weighted by Gasteiger charge is 2.24. The van der Waals surface area contributed by atoms with E-state index in [0.717, 1.165) is 0 Å². The Hall–Kier alpha value is -1.66. The van der Waals surface area contributed by atoms with Crippen molar-refractivity contribution >= 4 is 29.6 Å². The lowest BCUT2D eigenvalue weighted by atomic mass is 10.1. The third-order valence-electron chi connectivity index (χ3n) is 3.41. The molecule has 0 N–H and O–H groups in total. The maximum Gasteiger partial charge on any atom is 0.254 e. The first-order valence-corrected chi connectivity index (χ1v) is 7.05. The Bertz CT molecular complexity index is 563. The molecule has 0 unspecified atom stereocenters. The van der Waals surface area contributed by atoms with E-state index in [1.54, 1.807) is 20.2 Å². The van der Waals surface area contributed by atoms with Gasteiger partial charge in [-0.1, -0.05) is 11.6 Å². The summed E-state index contributed by atoms with van der Waals surface area (Å²) in [5.41, 5.74) is 0.392. The first-order chi connectivity index (χ1) is 9.95. The van der Waals surface area contributed by atoms with Gasteiger partial charge in [0.25, 0.3) is 5.91 Å². The molecule has 21 heavy (non-hydrogen) atoms. The molecule has 114 valence electrons. The Morgan fingerprint density at radius 1 is 1.57 bits per heavy atom. The van der Waals surface area contributed by atoms with Crippen LogP contribution in [0.15, 0.2) is 6.07 Å². The molecule has 0 aliphatic carbocycles. The second kappa shape index (κ2) is 6.41. The first-order valence-electron chi connectivity index (χ1n) is 6.67. The molecular formula is C14H18ClN3O3. The second-order valence-corrected chi connectivity index (χ2v) is 5.53.